The molecule has 112 valence electrons. The Hall–Kier alpha value is -1.59. The number of allylic oxidation sites excluding steroid dienone is 2. The molecule has 2 atom stereocenters. The predicted molar refractivity (Wildman–Crippen MR) is 87.4 cm³/mol. The summed E-state index contributed by atoms with van der Waals surface area (Å²) in [6, 6.07) is 7.58. The molecule has 1 aromatic carbocycles. The normalized spacial score (nSPS) is 14.7. The zero-order valence-corrected chi connectivity index (χ0v) is 13.9. The first-order valence-electron chi connectivity index (χ1n) is 7.10. The van der Waals surface area contributed by atoms with Crippen LogP contribution in [0.25, 0.3) is 0 Å². The summed E-state index contributed by atoms with van der Waals surface area (Å²) in [6.07, 6.45) is 4.70. The average molecular weight is 304 g/mol. The van der Waals surface area contributed by atoms with Crippen molar-refractivity contribution < 1.29 is 4.79 Å². The van der Waals surface area contributed by atoms with Crippen LogP contribution in [0.15, 0.2) is 29.8 Å². The molecule has 0 aliphatic carbocycles. The Labute approximate surface area is 132 Å². The minimum Gasteiger partial charge on any atom is -0.303 e. The molecule has 1 aromatic rings. The summed E-state index contributed by atoms with van der Waals surface area (Å²) in [5.41, 5.74) is 2.59. The van der Waals surface area contributed by atoms with Crippen molar-refractivity contribution in [2.45, 2.75) is 46.0 Å². The van der Waals surface area contributed by atoms with E-state index in [4.69, 9.17) is 16.9 Å². The van der Waals surface area contributed by atoms with Crippen molar-refractivity contribution in [1.29, 1.82) is 5.26 Å². The first-order chi connectivity index (χ1) is 9.80. The van der Waals surface area contributed by atoms with Crippen LogP contribution in [-0.2, 0) is 10.2 Å². The number of hydrogen-bond donors (Lipinski definition) is 0. The average Bonchev–Trinajstić information content (AvgIpc) is 2.44. The number of nitriles is 1. The van der Waals surface area contributed by atoms with Crippen LogP contribution in [-0.4, -0.2) is 6.29 Å². The molecule has 0 fully saturated rings. The summed E-state index contributed by atoms with van der Waals surface area (Å²) in [5.74, 6) is -0.0370. The van der Waals surface area contributed by atoms with Gasteiger partial charge in [0.25, 0.3) is 0 Å². The van der Waals surface area contributed by atoms with Crippen LogP contribution in [0.4, 0.5) is 0 Å². The molecule has 0 spiro atoms. The summed E-state index contributed by atoms with van der Waals surface area (Å²) in [4.78, 5) is 11.0. The number of halogens is 1. The van der Waals surface area contributed by atoms with E-state index in [-0.39, 0.29) is 11.3 Å². The number of aldehydes is 1. The third-order valence-corrected chi connectivity index (χ3v) is 3.91. The number of carbonyl (C=O) groups is 1. The maximum Gasteiger partial charge on any atom is 0.122 e. The molecule has 0 saturated heterocycles. The largest absolute Gasteiger partial charge is 0.303 e. The van der Waals surface area contributed by atoms with E-state index in [0.717, 1.165) is 24.7 Å². The highest BCUT2D eigenvalue weighted by molar-refractivity contribution is 6.30. The van der Waals surface area contributed by atoms with Gasteiger partial charge in [0.15, 0.2) is 0 Å². The number of rotatable bonds is 6. The second-order valence-electron chi connectivity index (χ2n) is 6.20. The summed E-state index contributed by atoms with van der Waals surface area (Å²) < 4.78 is 0. The van der Waals surface area contributed by atoms with Crippen molar-refractivity contribution in [2.75, 3.05) is 0 Å². The minimum atomic E-state index is -0.214. The van der Waals surface area contributed by atoms with E-state index in [1.54, 1.807) is 6.07 Å². The Morgan fingerprint density at radius 2 is 2.10 bits per heavy atom. The van der Waals surface area contributed by atoms with Crippen LogP contribution in [0.5, 0.6) is 0 Å². The number of hydrogen-bond acceptors (Lipinski definition) is 2. The molecule has 0 aliphatic rings. The van der Waals surface area contributed by atoms with Crippen LogP contribution in [0.1, 0.15) is 51.7 Å². The van der Waals surface area contributed by atoms with Gasteiger partial charge in [-0.25, -0.2) is 0 Å². The van der Waals surface area contributed by atoms with E-state index in [2.05, 4.69) is 32.9 Å². The maximum atomic E-state index is 11.0. The summed E-state index contributed by atoms with van der Waals surface area (Å²) in [6.45, 7) is 8.16. The zero-order valence-electron chi connectivity index (χ0n) is 13.1. The smallest absolute Gasteiger partial charge is 0.122 e. The van der Waals surface area contributed by atoms with Crippen LogP contribution in [0.2, 0.25) is 5.02 Å². The van der Waals surface area contributed by atoms with Gasteiger partial charge in [-0.3, -0.25) is 0 Å². The van der Waals surface area contributed by atoms with E-state index in [9.17, 15) is 4.79 Å². The summed E-state index contributed by atoms with van der Waals surface area (Å²) in [7, 11) is 0. The Bertz CT molecular complexity index is 581. The standard InChI is InChI=1S/C18H22ClNO/c1-13(2)5-6-18(4,10-14(3)12-21)16-7-15(11-20)8-17(19)9-16/h5,7-9,12,14H,6,10H2,1-4H3. The SMILES string of the molecule is CC(C)=CCC(C)(CC(C)C=O)c1cc(Cl)cc(C#N)c1. The lowest BCUT2D eigenvalue weighted by Gasteiger charge is -2.31. The number of nitrogens with zero attached hydrogens (tertiary/aromatic N) is 1. The zero-order chi connectivity index (χ0) is 16.0. The molecule has 2 unspecified atom stereocenters. The topological polar surface area (TPSA) is 40.9 Å². The molecule has 0 saturated carbocycles. The van der Waals surface area contributed by atoms with Gasteiger partial charge >= 0.3 is 0 Å². The molecule has 2 nitrogen and oxygen atoms in total. The molecular weight excluding hydrogens is 282 g/mol. The molecule has 21 heavy (non-hydrogen) atoms. The highest BCUT2D eigenvalue weighted by Crippen LogP contribution is 2.36. The van der Waals surface area contributed by atoms with Gasteiger partial charge < -0.3 is 4.79 Å². The second-order valence-corrected chi connectivity index (χ2v) is 6.64. The lowest BCUT2D eigenvalue weighted by Crippen LogP contribution is -2.25. The van der Waals surface area contributed by atoms with Gasteiger partial charge in [0.2, 0.25) is 0 Å². The second kappa shape index (κ2) is 7.43. The highest BCUT2D eigenvalue weighted by Gasteiger charge is 2.28. The van der Waals surface area contributed by atoms with Crippen LogP contribution in [0.3, 0.4) is 0 Å². The molecule has 0 amide bonds. The monoisotopic (exact) mass is 303 g/mol. The van der Waals surface area contributed by atoms with Crippen molar-refractivity contribution in [3.8, 4) is 6.07 Å². The van der Waals surface area contributed by atoms with E-state index in [1.807, 2.05) is 19.1 Å². The van der Waals surface area contributed by atoms with E-state index >= 15 is 0 Å². The minimum absolute atomic E-state index is 0.0370. The molecular formula is C18H22ClNO. The van der Waals surface area contributed by atoms with Gasteiger partial charge in [-0.05, 0) is 55.9 Å². The summed E-state index contributed by atoms with van der Waals surface area (Å²) >= 11 is 6.13. The third kappa shape index (κ3) is 5.02. The lowest BCUT2D eigenvalue weighted by molar-refractivity contribution is -0.111. The fraction of sp³-hybridized carbons (Fsp3) is 0.444. The Morgan fingerprint density at radius 1 is 1.43 bits per heavy atom. The summed E-state index contributed by atoms with van der Waals surface area (Å²) in [5, 5.41) is 9.68. The highest BCUT2D eigenvalue weighted by atomic mass is 35.5. The molecule has 3 heteroatoms. The van der Waals surface area contributed by atoms with Gasteiger partial charge in [0, 0.05) is 10.9 Å². The van der Waals surface area contributed by atoms with Gasteiger partial charge in [0.1, 0.15) is 6.29 Å². The third-order valence-electron chi connectivity index (χ3n) is 3.69. The van der Waals surface area contributed by atoms with Crippen molar-refractivity contribution in [1.82, 2.24) is 0 Å². The lowest BCUT2D eigenvalue weighted by atomic mass is 9.73. The van der Waals surface area contributed by atoms with E-state index in [0.29, 0.717) is 10.6 Å². The van der Waals surface area contributed by atoms with Gasteiger partial charge in [-0.2, -0.15) is 5.26 Å². The quantitative estimate of drug-likeness (QED) is 0.545. The molecule has 0 bridgehead atoms. The number of benzene rings is 1. The van der Waals surface area contributed by atoms with Crippen LogP contribution < -0.4 is 0 Å². The van der Waals surface area contributed by atoms with Crippen molar-refractivity contribution in [3.63, 3.8) is 0 Å². The van der Waals surface area contributed by atoms with Crippen molar-refractivity contribution in [3.05, 3.63) is 46.0 Å². The van der Waals surface area contributed by atoms with E-state index in [1.165, 1.54) is 5.57 Å². The fourth-order valence-corrected chi connectivity index (χ4v) is 2.74. The van der Waals surface area contributed by atoms with E-state index < -0.39 is 0 Å². The Balaban J connectivity index is 3.28. The molecule has 0 aliphatic heterocycles. The predicted octanol–water partition coefficient (Wildman–Crippen LogP) is 5.05. The Kier molecular flexibility index (Phi) is 6.18. The molecule has 0 aromatic heterocycles. The molecule has 1 rings (SSSR count). The van der Waals surface area contributed by atoms with Crippen molar-refractivity contribution in [2.24, 2.45) is 5.92 Å². The first-order valence-corrected chi connectivity index (χ1v) is 7.48. The Morgan fingerprint density at radius 3 is 2.62 bits per heavy atom. The van der Waals surface area contributed by atoms with Gasteiger partial charge in [-0.1, -0.05) is 37.1 Å². The van der Waals surface area contributed by atoms with Crippen molar-refractivity contribution >= 4 is 17.9 Å². The van der Waals surface area contributed by atoms with Gasteiger partial charge in [-0.15, -0.1) is 0 Å². The fourth-order valence-electron chi connectivity index (χ4n) is 2.51. The van der Waals surface area contributed by atoms with Crippen LogP contribution >= 0.6 is 11.6 Å². The van der Waals surface area contributed by atoms with Crippen LogP contribution in [0, 0.1) is 17.2 Å². The molecule has 0 N–H and O–H groups in total. The maximum absolute atomic E-state index is 11.0. The molecule has 0 heterocycles. The number of carbonyl (C=O) groups excluding carboxylic acids is 1. The first kappa shape index (κ1) is 17.5. The van der Waals surface area contributed by atoms with Gasteiger partial charge in [0.05, 0.1) is 11.6 Å². The molecule has 0 radical (unpaired) electrons.